The lowest BCUT2D eigenvalue weighted by atomic mass is 10.1. The molecule has 0 spiro atoms. The lowest BCUT2D eigenvalue weighted by molar-refractivity contribution is 0.0912. The van der Waals surface area contributed by atoms with Crippen LogP contribution in [0.15, 0.2) is 60.7 Å². The Morgan fingerprint density at radius 3 is 2.52 bits per heavy atom. The quantitative estimate of drug-likeness (QED) is 0.688. The van der Waals surface area contributed by atoms with Crippen molar-refractivity contribution in [2.75, 3.05) is 6.61 Å². The van der Waals surface area contributed by atoms with E-state index in [0.29, 0.717) is 5.69 Å². The Labute approximate surface area is 122 Å². The van der Waals surface area contributed by atoms with E-state index in [0.717, 1.165) is 16.5 Å². The number of carbonyl (C=O) groups excluding carboxylic acids is 1. The first-order chi connectivity index (χ1) is 10.3. The molecule has 3 aromatic rings. The summed E-state index contributed by atoms with van der Waals surface area (Å²) in [4.78, 5) is 15.4. The molecule has 4 nitrogen and oxygen atoms in total. The second-order valence-corrected chi connectivity index (χ2v) is 4.89. The van der Waals surface area contributed by atoms with Crippen molar-refractivity contribution in [3.8, 4) is 0 Å². The van der Waals surface area contributed by atoms with Gasteiger partial charge in [-0.2, -0.15) is 0 Å². The molecule has 0 aliphatic carbocycles. The van der Waals surface area contributed by atoms with Gasteiger partial charge in [0, 0.05) is 10.9 Å². The van der Waals surface area contributed by atoms with Crippen LogP contribution in [0.2, 0.25) is 0 Å². The molecule has 0 fully saturated rings. The number of H-pyrrole nitrogens is 1. The number of fused-ring (bicyclic) bond motifs is 1. The van der Waals surface area contributed by atoms with Crippen LogP contribution in [0.1, 0.15) is 22.1 Å². The zero-order chi connectivity index (χ0) is 14.7. The Hall–Kier alpha value is -2.59. The van der Waals surface area contributed by atoms with Crippen LogP contribution in [0, 0.1) is 0 Å². The fraction of sp³-hybridized carbons (Fsp3) is 0.118. The van der Waals surface area contributed by atoms with E-state index in [2.05, 4.69) is 10.3 Å². The molecule has 21 heavy (non-hydrogen) atoms. The van der Waals surface area contributed by atoms with Crippen molar-refractivity contribution in [2.24, 2.45) is 0 Å². The predicted octanol–water partition coefficient (Wildman–Crippen LogP) is 2.63. The topological polar surface area (TPSA) is 65.1 Å². The first-order valence-corrected chi connectivity index (χ1v) is 6.82. The van der Waals surface area contributed by atoms with Crippen LogP contribution < -0.4 is 5.32 Å². The monoisotopic (exact) mass is 280 g/mol. The van der Waals surface area contributed by atoms with Gasteiger partial charge < -0.3 is 15.4 Å². The summed E-state index contributed by atoms with van der Waals surface area (Å²) >= 11 is 0. The number of benzene rings is 2. The first kappa shape index (κ1) is 13.4. The summed E-state index contributed by atoms with van der Waals surface area (Å²) in [7, 11) is 0. The van der Waals surface area contributed by atoms with Crippen LogP contribution >= 0.6 is 0 Å². The van der Waals surface area contributed by atoms with Crippen LogP contribution in [0.25, 0.3) is 10.9 Å². The van der Waals surface area contributed by atoms with E-state index in [-0.39, 0.29) is 12.5 Å². The van der Waals surface area contributed by atoms with Gasteiger partial charge in [0.25, 0.3) is 5.91 Å². The smallest absolute Gasteiger partial charge is 0.268 e. The molecular formula is C17H16N2O2. The number of aromatic amines is 1. The van der Waals surface area contributed by atoms with Crippen molar-refractivity contribution < 1.29 is 9.90 Å². The minimum Gasteiger partial charge on any atom is -0.394 e. The molecule has 3 rings (SSSR count). The molecule has 3 N–H and O–H groups in total. The highest BCUT2D eigenvalue weighted by atomic mass is 16.3. The molecule has 0 saturated carbocycles. The second-order valence-electron chi connectivity index (χ2n) is 4.89. The molecule has 106 valence electrons. The van der Waals surface area contributed by atoms with Gasteiger partial charge in [-0.1, -0.05) is 48.5 Å². The fourth-order valence-electron chi connectivity index (χ4n) is 2.35. The van der Waals surface area contributed by atoms with E-state index >= 15 is 0 Å². The molecule has 0 radical (unpaired) electrons. The number of nitrogens with one attached hydrogen (secondary N) is 2. The minimum atomic E-state index is -0.412. The Morgan fingerprint density at radius 2 is 1.81 bits per heavy atom. The Balaban J connectivity index is 1.81. The number of carbonyl (C=O) groups is 1. The maximum atomic E-state index is 12.3. The largest absolute Gasteiger partial charge is 0.394 e. The average Bonchev–Trinajstić information content (AvgIpc) is 2.97. The van der Waals surface area contributed by atoms with E-state index in [1.807, 2.05) is 60.7 Å². The summed E-state index contributed by atoms with van der Waals surface area (Å²) in [6.07, 6.45) is 0. The zero-order valence-electron chi connectivity index (χ0n) is 11.4. The van der Waals surface area contributed by atoms with Gasteiger partial charge in [-0.25, -0.2) is 0 Å². The molecule has 1 aromatic heterocycles. The van der Waals surface area contributed by atoms with E-state index in [1.54, 1.807) is 0 Å². The van der Waals surface area contributed by atoms with Crippen LogP contribution in [-0.2, 0) is 0 Å². The number of rotatable bonds is 4. The molecule has 1 heterocycles. The third-order valence-electron chi connectivity index (χ3n) is 3.46. The second kappa shape index (κ2) is 5.81. The molecule has 0 unspecified atom stereocenters. The van der Waals surface area contributed by atoms with E-state index < -0.39 is 6.04 Å². The molecule has 1 atom stereocenters. The number of amides is 1. The van der Waals surface area contributed by atoms with Crippen molar-refractivity contribution >= 4 is 16.8 Å². The van der Waals surface area contributed by atoms with Gasteiger partial charge in [0.05, 0.1) is 12.6 Å². The van der Waals surface area contributed by atoms with Crippen LogP contribution in [0.3, 0.4) is 0 Å². The van der Waals surface area contributed by atoms with Gasteiger partial charge in [0.1, 0.15) is 5.69 Å². The van der Waals surface area contributed by atoms with Gasteiger partial charge in [-0.3, -0.25) is 4.79 Å². The van der Waals surface area contributed by atoms with Crippen molar-refractivity contribution in [1.29, 1.82) is 0 Å². The molecule has 0 bridgehead atoms. The standard InChI is InChI=1S/C17H16N2O2/c20-11-16(12-6-2-1-3-7-12)19-17(21)15-10-13-8-4-5-9-14(13)18-15/h1-10,16,18,20H,11H2,(H,19,21)/t16-/m0/s1. The SMILES string of the molecule is O=C(N[C@@H](CO)c1ccccc1)c1cc2ccccc2[nH]1. The van der Waals surface area contributed by atoms with Crippen molar-refractivity contribution in [3.05, 3.63) is 71.9 Å². The maximum absolute atomic E-state index is 12.3. The first-order valence-electron chi connectivity index (χ1n) is 6.82. The van der Waals surface area contributed by atoms with Crippen molar-refractivity contribution in [2.45, 2.75) is 6.04 Å². The summed E-state index contributed by atoms with van der Waals surface area (Å²) in [5, 5.41) is 13.3. The van der Waals surface area contributed by atoms with Crippen LogP contribution in [0.4, 0.5) is 0 Å². The molecule has 0 aliphatic rings. The van der Waals surface area contributed by atoms with Gasteiger partial charge in [-0.15, -0.1) is 0 Å². The van der Waals surface area contributed by atoms with E-state index in [9.17, 15) is 9.90 Å². The van der Waals surface area contributed by atoms with Crippen molar-refractivity contribution in [3.63, 3.8) is 0 Å². The number of para-hydroxylation sites is 1. The summed E-state index contributed by atoms with van der Waals surface area (Å²) in [6.45, 7) is -0.143. The highest BCUT2D eigenvalue weighted by Crippen LogP contribution is 2.16. The van der Waals surface area contributed by atoms with E-state index in [1.165, 1.54) is 0 Å². The number of hydrogen-bond acceptors (Lipinski definition) is 2. The third kappa shape index (κ3) is 2.80. The minimum absolute atomic E-state index is 0.143. The Kier molecular flexibility index (Phi) is 3.71. The third-order valence-corrected chi connectivity index (χ3v) is 3.46. The highest BCUT2D eigenvalue weighted by Gasteiger charge is 2.16. The summed E-state index contributed by atoms with van der Waals surface area (Å²) in [5.74, 6) is -0.228. The number of aliphatic hydroxyl groups is 1. The lowest BCUT2D eigenvalue weighted by Gasteiger charge is -2.16. The average molecular weight is 280 g/mol. The molecule has 0 aliphatic heterocycles. The van der Waals surface area contributed by atoms with Crippen molar-refractivity contribution in [1.82, 2.24) is 10.3 Å². The molecular weight excluding hydrogens is 264 g/mol. The Morgan fingerprint density at radius 1 is 1.10 bits per heavy atom. The lowest BCUT2D eigenvalue weighted by Crippen LogP contribution is -2.30. The van der Waals surface area contributed by atoms with Crippen LogP contribution in [0.5, 0.6) is 0 Å². The maximum Gasteiger partial charge on any atom is 0.268 e. The number of aromatic nitrogens is 1. The van der Waals surface area contributed by atoms with Gasteiger partial charge in [-0.05, 0) is 17.7 Å². The molecule has 1 amide bonds. The highest BCUT2D eigenvalue weighted by molar-refractivity contribution is 5.98. The summed E-state index contributed by atoms with van der Waals surface area (Å²) in [5.41, 5.74) is 2.29. The van der Waals surface area contributed by atoms with Crippen LogP contribution in [-0.4, -0.2) is 22.6 Å². The zero-order valence-corrected chi connectivity index (χ0v) is 11.4. The summed E-state index contributed by atoms with van der Waals surface area (Å²) < 4.78 is 0. The molecule has 0 saturated heterocycles. The van der Waals surface area contributed by atoms with Gasteiger partial charge in [0.15, 0.2) is 0 Å². The number of aliphatic hydroxyl groups excluding tert-OH is 1. The van der Waals surface area contributed by atoms with Gasteiger partial charge in [0.2, 0.25) is 0 Å². The summed E-state index contributed by atoms with van der Waals surface area (Å²) in [6, 6.07) is 18.5. The predicted molar refractivity (Wildman–Crippen MR) is 82.0 cm³/mol. The van der Waals surface area contributed by atoms with E-state index in [4.69, 9.17) is 0 Å². The fourth-order valence-corrected chi connectivity index (χ4v) is 2.35. The molecule has 2 aromatic carbocycles. The number of hydrogen-bond donors (Lipinski definition) is 3. The Bertz CT molecular complexity index is 717. The molecule has 4 heteroatoms. The van der Waals surface area contributed by atoms with Gasteiger partial charge >= 0.3 is 0 Å². The normalized spacial score (nSPS) is 12.2.